The van der Waals surface area contributed by atoms with Crippen LogP contribution in [0.4, 0.5) is 0 Å². The van der Waals surface area contributed by atoms with Crippen molar-refractivity contribution >= 4 is 16.3 Å². The Labute approximate surface area is 105 Å². The second-order valence-electron chi connectivity index (χ2n) is 5.07. The highest BCUT2D eigenvalue weighted by molar-refractivity contribution is 7.15. The van der Waals surface area contributed by atoms with Crippen LogP contribution in [0.5, 0.6) is 0 Å². The highest BCUT2D eigenvalue weighted by Crippen LogP contribution is 2.25. The van der Waals surface area contributed by atoms with Crippen LogP contribution in [-0.2, 0) is 6.42 Å². The summed E-state index contributed by atoms with van der Waals surface area (Å²) in [6.45, 7) is 1.83. The van der Waals surface area contributed by atoms with Crippen molar-refractivity contribution in [3.05, 3.63) is 23.5 Å². The van der Waals surface area contributed by atoms with Gasteiger partial charge in [-0.25, -0.2) is 4.98 Å². The van der Waals surface area contributed by atoms with E-state index < -0.39 is 5.60 Å². The number of β-amino-alcohol motifs (C(OH)–C–C–N with tert-alkyl or cyclic N) is 1. The van der Waals surface area contributed by atoms with Crippen LogP contribution >= 0.6 is 11.3 Å². The summed E-state index contributed by atoms with van der Waals surface area (Å²) in [6, 6.07) is 0. The molecule has 1 fully saturated rings. The lowest BCUT2D eigenvalue weighted by Crippen LogP contribution is -2.47. The van der Waals surface area contributed by atoms with Gasteiger partial charge in [0, 0.05) is 30.7 Å². The first-order valence-corrected chi connectivity index (χ1v) is 6.85. The number of likely N-dealkylation sites (tertiary alicyclic amines) is 1. The number of likely N-dealkylation sites (N-methyl/N-ethyl adjacent to an activating group) is 1. The number of rotatable bonds is 2. The fourth-order valence-corrected chi connectivity index (χ4v) is 3.40. The first-order valence-electron chi connectivity index (χ1n) is 5.97. The van der Waals surface area contributed by atoms with Crippen molar-refractivity contribution in [3.8, 4) is 0 Å². The molecule has 0 spiro atoms. The molecule has 3 rings (SSSR count). The Hall–Kier alpha value is -0.910. The van der Waals surface area contributed by atoms with Crippen molar-refractivity contribution < 1.29 is 5.11 Å². The molecule has 5 heteroatoms. The van der Waals surface area contributed by atoms with E-state index in [1.54, 1.807) is 11.3 Å². The Kier molecular flexibility index (Phi) is 2.69. The topological polar surface area (TPSA) is 40.8 Å². The van der Waals surface area contributed by atoms with Gasteiger partial charge in [0.2, 0.25) is 0 Å². The van der Waals surface area contributed by atoms with E-state index in [4.69, 9.17) is 0 Å². The lowest BCUT2D eigenvalue weighted by molar-refractivity contribution is -0.0229. The number of aromatic nitrogens is 2. The third-order valence-corrected chi connectivity index (χ3v) is 4.17. The van der Waals surface area contributed by atoms with Crippen LogP contribution in [0, 0.1) is 0 Å². The number of piperidine rings is 1. The first kappa shape index (κ1) is 11.2. The molecule has 2 aromatic rings. The van der Waals surface area contributed by atoms with Gasteiger partial charge in [-0.3, -0.25) is 4.40 Å². The zero-order valence-electron chi connectivity index (χ0n) is 9.96. The Morgan fingerprint density at radius 3 is 3.24 bits per heavy atom. The standard InChI is InChI=1S/C12H17N3OS/c1-14-4-2-3-12(16,9-14)7-10-8-15-5-6-17-11(15)13-10/h5-6,8,16H,2-4,7,9H2,1H3. The summed E-state index contributed by atoms with van der Waals surface area (Å²) in [5.41, 5.74) is 0.395. The quantitative estimate of drug-likeness (QED) is 0.877. The first-order chi connectivity index (χ1) is 8.15. The summed E-state index contributed by atoms with van der Waals surface area (Å²) in [6.07, 6.45) is 6.63. The van der Waals surface area contributed by atoms with Crippen molar-refractivity contribution in [1.29, 1.82) is 0 Å². The summed E-state index contributed by atoms with van der Waals surface area (Å²) in [5, 5.41) is 12.6. The summed E-state index contributed by atoms with van der Waals surface area (Å²) < 4.78 is 2.02. The van der Waals surface area contributed by atoms with E-state index in [-0.39, 0.29) is 0 Å². The van der Waals surface area contributed by atoms with Gasteiger partial charge in [-0.05, 0) is 26.4 Å². The minimum atomic E-state index is -0.600. The third kappa shape index (κ3) is 2.22. The Morgan fingerprint density at radius 2 is 2.47 bits per heavy atom. The number of thiazole rings is 1. The van der Waals surface area contributed by atoms with Gasteiger partial charge < -0.3 is 10.0 Å². The van der Waals surface area contributed by atoms with E-state index in [0.29, 0.717) is 6.42 Å². The van der Waals surface area contributed by atoms with E-state index in [1.807, 2.05) is 22.2 Å². The minimum absolute atomic E-state index is 0.600. The number of aliphatic hydroxyl groups is 1. The van der Waals surface area contributed by atoms with E-state index in [1.165, 1.54) is 0 Å². The van der Waals surface area contributed by atoms with Crippen LogP contribution in [0.15, 0.2) is 17.8 Å². The summed E-state index contributed by atoms with van der Waals surface area (Å²) in [5.74, 6) is 0. The predicted octanol–water partition coefficient (Wildman–Crippen LogP) is 1.40. The van der Waals surface area contributed by atoms with Gasteiger partial charge >= 0.3 is 0 Å². The highest BCUT2D eigenvalue weighted by atomic mass is 32.1. The second kappa shape index (κ2) is 4.08. The van der Waals surface area contributed by atoms with Crippen molar-refractivity contribution in [1.82, 2.24) is 14.3 Å². The molecule has 0 saturated carbocycles. The monoisotopic (exact) mass is 251 g/mol. The lowest BCUT2D eigenvalue weighted by Gasteiger charge is -2.37. The van der Waals surface area contributed by atoms with Crippen molar-refractivity contribution in [3.63, 3.8) is 0 Å². The summed E-state index contributed by atoms with van der Waals surface area (Å²) in [4.78, 5) is 7.74. The molecule has 4 nitrogen and oxygen atoms in total. The maximum atomic E-state index is 10.6. The van der Waals surface area contributed by atoms with Gasteiger partial charge in [-0.2, -0.15) is 0 Å². The largest absolute Gasteiger partial charge is 0.388 e. The van der Waals surface area contributed by atoms with Crippen molar-refractivity contribution in [2.45, 2.75) is 24.9 Å². The third-order valence-electron chi connectivity index (χ3n) is 3.40. The molecule has 17 heavy (non-hydrogen) atoms. The van der Waals surface area contributed by atoms with Crippen LogP contribution in [0.25, 0.3) is 4.96 Å². The molecular formula is C12H17N3OS. The molecular weight excluding hydrogens is 234 g/mol. The molecule has 1 aliphatic heterocycles. The van der Waals surface area contributed by atoms with Crippen LogP contribution in [0.1, 0.15) is 18.5 Å². The van der Waals surface area contributed by atoms with Gasteiger partial charge in [0.15, 0.2) is 4.96 Å². The van der Waals surface area contributed by atoms with Crippen LogP contribution in [0.3, 0.4) is 0 Å². The van der Waals surface area contributed by atoms with E-state index in [9.17, 15) is 5.11 Å². The molecule has 3 heterocycles. The Bertz CT molecular complexity index is 492. The number of hydrogen-bond acceptors (Lipinski definition) is 4. The highest BCUT2D eigenvalue weighted by Gasteiger charge is 2.32. The molecule has 0 aromatic carbocycles. The van der Waals surface area contributed by atoms with Gasteiger partial charge in [-0.1, -0.05) is 0 Å². The molecule has 0 amide bonds. The molecule has 1 aliphatic rings. The summed E-state index contributed by atoms with van der Waals surface area (Å²) >= 11 is 1.63. The molecule has 92 valence electrons. The Balaban J connectivity index is 1.79. The molecule has 1 saturated heterocycles. The van der Waals surface area contributed by atoms with Crippen LogP contribution < -0.4 is 0 Å². The van der Waals surface area contributed by atoms with Crippen molar-refractivity contribution in [2.24, 2.45) is 0 Å². The van der Waals surface area contributed by atoms with Crippen molar-refractivity contribution in [2.75, 3.05) is 20.1 Å². The van der Waals surface area contributed by atoms with Gasteiger partial charge in [0.25, 0.3) is 0 Å². The zero-order valence-corrected chi connectivity index (χ0v) is 10.8. The maximum Gasteiger partial charge on any atom is 0.193 e. The molecule has 1 unspecified atom stereocenters. The predicted molar refractivity (Wildman–Crippen MR) is 68.5 cm³/mol. The fourth-order valence-electron chi connectivity index (χ4n) is 2.68. The van der Waals surface area contributed by atoms with E-state index in [0.717, 1.165) is 36.6 Å². The maximum absolute atomic E-state index is 10.6. The summed E-state index contributed by atoms with van der Waals surface area (Å²) in [7, 11) is 2.07. The zero-order chi connectivity index (χ0) is 11.9. The Morgan fingerprint density at radius 1 is 1.59 bits per heavy atom. The second-order valence-corrected chi connectivity index (χ2v) is 5.94. The normalized spacial score (nSPS) is 26.7. The average Bonchev–Trinajstić information content (AvgIpc) is 2.76. The van der Waals surface area contributed by atoms with Crippen LogP contribution in [-0.4, -0.2) is 45.1 Å². The molecule has 1 N–H and O–H groups in total. The van der Waals surface area contributed by atoms with Gasteiger partial charge in [0.1, 0.15) is 0 Å². The van der Waals surface area contributed by atoms with Gasteiger partial charge in [0.05, 0.1) is 11.3 Å². The van der Waals surface area contributed by atoms with Crippen LogP contribution in [0.2, 0.25) is 0 Å². The number of nitrogens with zero attached hydrogens (tertiary/aromatic N) is 3. The molecule has 0 bridgehead atoms. The molecule has 1 atom stereocenters. The number of imidazole rings is 1. The van der Waals surface area contributed by atoms with E-state index in [2.05, 4.69) is 16.9 Å². The fraction of sp³-hybridized carbons (Fsp3) is 0.583. The average molecular weight is 251 g/mol. The van der Waals surface area contributed by atoms with Gasteiger partial charge in [-0.15, -0.1) is 11.3 Å². The number of fused-ring (bicyclic) bond motifs is 1. The lowest BCUT2D eigenvalue weighted by atomic mass is 9.89. The molecule has 0 radical (unpaired) electrons. The van der Waals surface area contributed by atoms with E-state index >= 15 is 0 Å². The molecule has 0 aliphatic carbocycles. The minimum Gasteiger partial charge on any atom is -0.388 e. The smallest absolute Gasteiger partial charge is 0.193 e. The number of hydrogen-bond donors (Lipinski definition) is 1. The molecule has 2 aromatic heterocycles. The SMILES string of the molecule is CN1CCCC(O)(Cc2cn3ccsc3n2)C1.